The van der Waals surface area contributed by atoms with E-state index in [0.29, 0.717) is 5.16 Å². The summed E-state index contributed by atoms with van der Waals surface area (Å²) in [7, 11) is 1.78. The Morgan fingerprint density at radius 2 is 2.04 bits per heavy atom. The molecule has 0 aliphatic heterocycles. The Bertz CT molecular complexity index is 771. The van der Waals surface area contributed by atoms with Crippen molar-refractivity contribution in [3.8, 4) is 10.7 Å². The summed E-state index contributed by atoms with van der Waals surface area (Å²) in [5.41, 5.74) is 0.874. The van der Waals surface area contributed by atoms with E-state index in [2.05, 4.69) is 15.2 Å². The van der Waals surface area contributed by atoms with Gasteiger partial charge in [-0.3, -0.25) is 9.89 Å². The van der Waals surface area contributed by atoms with Crippen LogP contribution in [0.5, 0.6) is 0 Å². The van der Waals surface area contributed by atoms with Crippen LogP contribution in [0, 0.1) is 0 Å². The SMILES string of the molecule is CC(Sc1n[nH]c(-c2cccs2)n1)C(=O)N(C)c1ccccc1. The van der Waals surface area contributed by atoms with Gasteiger partial charge in [0.25, 0.3) is 0 Å². The normalized spacial score (nSPS) is 12.1. The summed E-state index contributed by atoms with van der Waals surface area (Å²) in [6.45, 7) is 1.87. The molecule has 7 heteroatoms. The van der Waals surface area contributed by atoms with Gasteiger partial charge in [-0.2, -0.15) is 0 Å². The Morgan fingerprint density at radius 1 is 1.26 bits per heavy atom. The number of para-hydroxylation sites is 1. The van der Waals surface area contributed by atoms with Crippen LogP contribution >= 0.6 is 23.1 Å². The second-order valence-electron chi connectivity index (χ2n) is 4.94. The number of anilines is 1. The fourth-order valence-corrected chi connectivity index (χ4v) is 3.56. The molecule has 3 rings (SSSR count). The number of nitrogens with one attached hydrogen (secondary N) is 1. The first-order chi connectivity index (χ1) is 11.1. The maximum Gasteiger partial charge on any atom is 0.240 e. The van der Waals surface area contributed by atoms with E-state index in [1.807, 2.05) is 54.8 Å². The van der Waals surface area contributed by atoms with Crippen LogP contribution in [0.3, 0.4) is 0 Å². The number of rotatable bonds is 5. The predicted molar refractivity (Wildman–Crippen MR) is 94.9 cm³/mol. The van der Waals surface area contributed by atoms with Crippen LogP contribution in [0.15, 0.2) is 53.0 Å². The first-order valence-corrected chi connectivity index (χ1v) is 8.86. The molecule has 0 radical (unpaired) electrons. The lowest BCUT2D eigenvalue weighted by molar-refractivity contribution is -0.117. The third-order valence-corrected chi connectivity index (χ3v) is 5.15. The number of amides is 1. The summed E-state index contributed by atoms with van der Waals surface area (Å²) in [6.07, 6.45) is 0. The van der Waals surface area contributed by atoms with Gasteiger partial charge in [0.2, 0.25) is 11.1 Å². The second kappa shape index (κ2) is 6.97. The molecule has 1 aromatic carbocycles. The van der Waals surface area contributed by atoms with E-state index >= 15 is 0 Å². The summed E-state index contributed by atoms with van der Waals surface area (Å²) < 4.78 is 0. The molecule has 1 atom stereocenters. The van der Waals surface area contributed by atoms with Crippen LogP contribution in [0.2, 0.25) is 0 Å². The van der Waals surface area contributed by atoms with E-state index in [4.69, 9.17) is 0 Å². The van der Waals surface area contributed by atoms with Gasteiger partial charge >= 0.3 is 0 Å². The van der Waals surface area contributed by atoms with Gasteiger partial charge in [-0.15, -0.1) is 16.4 Å². The zero-order chi connectivity index (χ0) is 16.2. The molecule has 0 spiro atoms. The van der Waals surface area contributed by atoms with Crippen LogP contribution in [-0.4, -0.2) is 33.4 Å². The molecule has 0 aliphatic carbocycles. The summed E-state index contributed by atoms with van der Waals surface area (Å²) in [5.74, 6) is 0.752. The highest BCUT2D eigenvalue weighted by Crippen LogP contribution is 2.26. The van der Waals surface area contributed by atoms with Crippen molar-refractivity contribution in [2.75, 3.05) is 11.9 Å². The van der Waals surface area contributed by atoms with E-state index in [1.54, 1.807) is 23.3 Å². The van der Waals surface area contributed by atoms with Crippen LogP contribution in [0.1, 0.15) is 6.92 Å². The average molecular weight is 344 g/mol. The van der Waals surface area contributed by atoms with E-state index < -0.39 is 0 Å². The third-order valence-electron chi connectivity index (χ3n) is 3.32. The minimum absolute atomic E-state index is 0.0173. The highest BCUT2D eigenvalue weighted by Gasteiger charge is 2.21. The van der Waals surface area contributed by atoms with Crippen molar-refractivity contribution in [3.05, 3.63) is 47.8 Å². The summed E-state index contributed by atoms with van der Waals surface area (Å²) in [5, 5.41) is 9.41. The summed E-state index contributed by atoms with van der Waals surface area (Å²) in [4.78, 5) is 19.7. The van der Waals surface area contributed by atoms with Gasteiger partial charge in [-0.25, -0.2) is 4.98 Å². The fourth-order valence-electron chi connectivity index (χ4n) is 2.08. The quantitative estimate of drug-likeness (QED) is 0.717. The lowest BCUT2D eigenvalue weighted by Crippen LogP contribution is -2.33. The second-order valence-corrected chi connectivity index (χ2v) is 7.19. The minimum atomic E-state index is -0.271. The lowest BCUT2D eigenvalue weighted by atomic mass is 10.3. The average Bonchev–Trinajstić information content (AvgIpc) is 3.25. The molecule has 0 fully saturated rings. The molecule has 2 aromatic heterocycles. The molecule has 0 saturated carbocycles. The molecule has 1 N–H and O–H groups in total. The van der Waals surface area contributed by atoms with Crippen molar-refractivity contribution in [2.45, 2.75) is 17.3 Å². The van der Waals surface area contributed by atoms with E-state index in [0.717, 1.165) is 16.4 Å². The smallest absolute Gasteiger partial charge is 0.240 e. The molecular formula is C16H16N4OS2. The van der Waals surface area contributed by atoms with Gasteiger partial charge in [0.05, 0.1) is 10.1 Å². The molecule has 0 aliphatic rings. The largest absolute Gasteiger partial charge is 0.315 e. The number of aromatic amines is 1. The molecule has 2 heterocycles. The van der Waals surface area contributed by atoms with Gasteiger partial charge < -0.3 is 4.90 Å². The number of H-pyrrole nitrogens is 1. The fraction of sp³-hybridized carbons (Fsp3) is 0.188. The number of thiophene rings is 1. The molecule has 118 valence electrons. The number of benzene rings is 1. The Morgan fingerprint density at radius 3 is 2.74 bits per heavy atom. The monoisotopic (exact) mass is 344 g/mol. The topological polar surface area (TPSA) is 61.9 Å². The number of hydrogen-bond acceptors (Lipinski definition) is 5. The van der Waals surface area contributed by atoms with Crippen LogP contribution in [0.25, 0.3) is 10.7 Å². The third kappa shape index (κ3) is 3.62. The summed E-state index contributed by atoms with van der Waals surface area (Å²) in [6, 6.07) is 13.5. The maximum atomic E-state index is 12.5. The molecule has 0 bridgehead atoms. The van der Waals surface area contributed by atoms with Crippen molar-refractivity contribution >= 4 is 34.7 Å². The van der Waals surface area contributed by atoms with E-state index in [1.165, 1.54) is 11.8 Å². The van der Waals surface area contributed by atoms with E-state index in [9.17, 15) is 4.79 Å². The lowest BCUT2D eigenvalue weighted by Gasteiger charge is -2.20. The number of hydrogen-bond donors (Lipinski definition) is 1. The van der Waals surface area contributed by atoms with Crippen LogP contribution in [0.4, 0.5) is 5.69 Å². The first kappa shape index (κ1) is 15.8. The predicted octanol–water partition coefficient (Wildman–Crippen LogP) is 3.68. The van der Waals surface area contributed by atoms with Crippen molar-refractivity contribution < 1.29 is 4.79 Å². The van der Waals surface area contributed by atoms with Gasteiger partial charge in [-0.05, 0) is 30.5 Å². The minimum Gasteiger partial charge on any atom is -0.315 e. The van der Waals surface area contributed by atoms with Gasteiger partial charge in [-0.1, -0.05) is 36.0 Å². The van der Waals surface area contributed by atoms with E-state index in [-0.39, 0.29) is 11.2 Å². The Hall–Kier alpha value is -2.12. The molecule has 1 amide bonds. The Labute approximate surface area is 142 Å². The zero-order valence-electron chi connectivity index (χ0n) is 12.8. The van der Waals surface area contributed by atoms with Crippen molar-refractivity contribution in [2.24, 2.45) is 0 Å². The Balaban J connectivity index is 1.67. The molecular weight excluding hydrogens is 328 g/mol. The molecule has 0 saturated heterocycles. The molecule has 5 nitrogen and oxygen atoms in total. The van der Waals surface area contributed by atoms with Crippen LogP contribution in [-0.2, 0) is 4.79 Å². The molecule has 23 heavy (non-hydrogen) atoms. The number of carbonyl (C=O) groups excluding carboxylic acids is 1. The van der Waals surface area contributed by atoms with Crippen molar-refractivity contribution in [1.82, 2.24) is 15.2 Å². The highest BCUT2D eigenvalue weighted by molar-refractivity contribution is 8.00. The maximum absolute atomic E-state index is 12.5. The first-order valence-electron chi connectivity index (χ1n) is 7.10. The highest BCUT2D eigenvalue weighted by atomic mass is 32.2. The van der Waals surface area contributed by atoms with Crippen LogP contribution < -0.4 is 4.90 Å². The molecule has 3 aromatic rings. The van der Waals surface area contributed by atoms with Gasteiger partial charge in [0.1, 0.15) is 0 Å². The zero-order valence-corrected chi connectivity index (χ0v) is 14.4. The number of nitrogens with zero attached hydrogens (tertiary/aromatic N) is 3. The van der Waals surface area contributed by atoms with Gasteiger partial charge in [0.15, 0.2) is 5.82 Å². The number of thioether (sulfide) groups is 1. The molecule has 1 unspecified atom stereocenters. The Kier molecular flexibility index (Phi) is 4.78. The number of aromatic nitrogens is 3. The summed E-state index contributed by atoms with van der Waals surface area (Å²) >= 11 is 2.95. The number of carbonyl (C=O) groups is 1. The van der Waals surface area contributed by atoms with Crippen molar-refractivity contribution in [1.29, 1.82) is 0 Å². The van der Waals surface area contributed by atoms with Crippen molar-refractivity contribution in [3.63, 3.8) is 0 Å². The van der Waals surface area contributed by atoms with Gasteiger partial charge in [0, 0.05) is 12.7 Å². The standard InChI is InChI=1S/C16H16N4OS2/c1-11(15(21)20(2)12-7-4-3-5-8-12)23-16-17-14(18-19-16)13-9-6-10-22-13/h3-11H,1-2H3,(H,17,18,19).